The number of hydrogen-bond donors (Lipinski definition) is 2. The molecule has 2 aromatic rings. The first-order valence-electron chi connectivity index (χ1n) is 8.79. The number of anilines is 1. The normalized spacial score (nSPS) is 10.1. The van der Waals surface area contributed by atoms with Gasteiger partial charge in [-0.3, -0.25) is 0 Å². The second-order valence-electron chi connectivity index (χ2n) is 5.64. The molecule has 28 heavy (non-hydrogen) atoms. The molecule has 0 atom stereocenters. The molecule has 2 rings (SSSR count). The van der Waals surface area contributed by atoms with Crippen LogP contribution in [0.1, 0.15) is 29.8 Å². The Morgan fingerprint density at radius 3 is 2.46 bits per heavy atom. The van der Waals surface area contributed by atoms with E-state index in [0.29, 0.717) is 52.6 Å². The van der Waals surface area contributed by atoms with Gasteiger partial charge in [-0.25, -0.2) is 4.79 Å². The number of halogens is 1. The summed E-state index contributed by atoms with van der Waals surface area (Å²) in [4.78, 5) is 11.7. The van der Waals surface area contributed by atoms with Crippen molar-refractivity contribution in [3.05, 3.63) is 52.5 Å². The first-order valence-corrected chi connectivity index (χ1v) is 9.58. The van der Waals surface area contributed by atoms with Gasteiger partial charge in [-0.1, -0.05) is 17.7 Å². The molecule has 6 nitrogen and oxygen atoms in total. The molecule has 0 saturated heterocycles. The Labute approximate surface area is 175 Å². The smallest absolute Gasteiger partial charge is 0.337 e. The number of thiocarbonyl (C=S) groups is 1. The zero-order valence-electron chi connectivity index (χ0n) is 16.0. The summed E-state index contributed by atoms with van der Waals surface area (Å²) in [7, 11) is 1.32. The number of carbonyl (C=O) groups excluding carboxylic acids is 1. The molecular formula is C20H23ClN2O4S. The number of esters is 1. The molecular weight excluding hydrogens is 400 g/mol. The fourth-order valence-corrected chi connectivity index (χ4v) is 2.77. The summed E-state index contributed by atoms with van der Waals surface area (Å²) in [6.45, 7) is 5.44. The number of methoxy groups -OCH3 is 1. The summed E-state index contributed by atoms with van der Waals surface area (Å²) in [6.07, 6.45) is 0. The van der Waals surface area contributed by atoms with E-state index in [0.717, 1.165) is 5.56 Å². The van der Waals surface area contributed by atoms with Crippen molar-refractivity contribution in [2.24, 2.45) is 0 Å². The summed E-state index contributed by atoms with van der Waals surface area (Å²) >= 11 is 11.5. The predicted octanol–water partition coefficient (Wildman–Crippen LogP) is 4.41. The Kier molecular flexibility index (Phi) is 8.35. The van der Waals surface area contributed by atoms with Gasteiger partial charge in [0.05, 0.1) is 36.6 Å². The van der Waals surface area contributed by atoms with Crippen LogP contribution in [0.4, 0.5) is 5.69 Å². The predicted molar refractivity (Wildman–Crippen MR) is 115 cm³/mol. The third-order valence-corrected chi connectivity index (χ3v) is 4.27. The van der Waals surface area contributed by atoms with Gasteiger partial charge in [-0.05, 0) is 62.0 Å². The lowest BCUT2D eigenvalue weighted by Gasteiger charge is -2.15. The second-order valence-corrected chi connectivity index (χ2v) is 6.46. The average molecular weight is 423 g/mol. The van der Waals surface area contributed by atoms with E-state index in [1.54, 1.807) is 18.2 Å². The van der Waals surface area contributed by atoms with E-state index in [2.05, 4.69) is 10.6 Å². The summed E-state index contributed by atoms with van der Waals surface area (Å²) in [5.74, 6) is 0.952. The van der Waals surface area contributed by atoms with Crippen molar-refractivity contribution >= 4 is 40.6 Å². The molecule has 2 N–H and O–H groups in total. The van der Waals surface area contributed by atoms with E-state index >= 15 is 0 Å². The van der Waals surface area contributed by atoms with E-state index in [9.17, 15) is 4.79 Å². The van der Waals surface area contributed by atoms with Crippen LogP contribution in [0.3, 0.4) is 0 Å². The monoisotopic (exact) mass is 422 g/mol. The SMILES string of the molecule is CCOc1ccc(CNC(=S)Nc2cc(C(=O)OC)ccc2Cl)cc1OCC. The van der Waals surface area contributed by atoms with E-state index in [-0.39, 0.29) is 0 Å². The Morgan fingerprint density at radius 2 is 1.79 bits per heavy atom. The molecule has 0 aliphatic carbocycles. The zero-order chi connectivity index (χ0) is 20.5. The molecule has 8 heteroatoms. The lowest BCUT2D eigenvalue weighted by atomic mass is 10.2. The quantitative estimate of drug-likeness (QED) is 0.482. The highest BCUT2D eigenvalue weighted by Gasteiger charge is 2.11. The Balaban J connectivity index is 2.02. The van der Waals surface area contributed by atoms with E-state index in [1.807, 2.05) is 32.0 Å². The number of carbonyl (C=O) groups is 1. The molecule has 0 bridgehead atoms. The summed E-state index contributed by atoms with van der Waals surface area (Å²) in [5, 5.41) is 6.92. The zero-order valence-corrected chi connectivity index (χ0v) is 17.6. The average Bonchev–Trinajstić information content (AvgIpc) is 2.69. The number of nitrogens with one attached hydrogen (secondary N) is 2. The third-order valence-electron chi connectivity index (χ3n) is 3.70. The maximum Gasteiger partial charge on any atom is 0.337 e. The largest absolute Gasteiger partial charge is 0.490 e. The molecule has 0 unspecified atom stereocenters. The standard InChI is InChI=1S/C20H23ClN2O4S/c1-4-26-17-9-6-13(10-18(17)27-5-2)12-22-20(28)23-16-11-14(19(24)25-3)7-8-15(16)21/h6-11H,4-5,12H2,1-3H3,(H2,22,23,28). The van der Waals surface area contributed by atoms with Crippen molar-refractivity contribution < 1.29 is 19.0 Å². The minimum Gasteiger partial charge on any atom is -0.490 e. The van der Waals surface area contributed by atoms with E-state index in [1.165, 1.54) is 7.11 Å². The number of hydrogen-bond acceptors (Lipinski definition) is 5. The molecule has 150 valence electrons. The fourth-order valence-electron chi connectivity index (χ4n) is 2.42. The van der Waals surface area contributed by atoms with Crippen LogP contribution in [0.25, 0.3) is 0 Å². The molecule has 0 saturated carbocycles. The van der Waals surface area contributed by atoms with Crippen molar-refractivity contribution in [2.45, 2.75) is 20.4 Å². The number of ether oxygens (including phenoxy) is 3. The molecule has 0 aliphatic rings. The molecule has 0 aromatic heterocycles. The Bertz CT molecular complexity index is 845. The van der Waals surface area contributed by atoms with Crippen molar-refractivity contribution in [3.8, 4) is 11.5 Å². The second kappa shape index (κ2) is 10.7. The van der Waals surface area contributed by atoms with Gasteiger partial charge in [-0.2, -0.15) is 0 Å². The van der Waals surface area contributed by atoms with Crippen molar-refractivity contribution in [1.82, 2.24) is 5.32 Å². The van der Waals surface area contributed by atoms with Crippen LogP contribution >= 0.6 is 23.8 Å². The lowest BCUT2D eigenvalue weighted by molar-refractivity contribution is 0.0601. The van der Waals surface area contributed by atoms with Gasteiger partial charge < -0.3 is 24.8 Å². The van der Waals surface area contributed by atoms with E-state index < -0.39 is 5.97 Å². The maximum absolute atomic E-state index is 11.7. The van der Waals surface area contributed by atoms with Crippen LogP contribution in [-0.2, 0) is 11.3 Å². The lowest BCUT2D eigenvalue weighted by Crippen LogP contribution is -2.28. The highest BCUT2D eigenvalue weighted by molar-refractivity contribution is 7.80. The Morgan fingerprint density at radius 1 is 1.07 bits per heavy atom. The van der Waals surface area contributed by atoms with Crippen LogP contribution in [0, 0.1) is 0 Å². The van der Waals surface area contributed by atoms with Crippen molar-refractivity contribution in [3.63, 3.8) is 0 Å². The first kappa shape index (κ1) is 21.8. The van der Waals surface area contributed by atoms with Crippen LogP contribution in [-0.4, -0.2) is 31.4 Å². The van der Waals surface area contributed by atoms with Gasteiger partial charge in [-0.15, -0.1) is 0 Å². The van der Waals surface area contributed by atoms with Gasteiger partial charge in [0, 0.05) is 6.54 Å². The van der Waals surface area contributed by atoms with Crippen LogP contribution < -0.4 is 20.1 Å². The molecule has 0 spiro atoms. The number of benzene rings is 2. The van der Waals surface area contributed by atoms with Gasteiger partial charge in [0.2, 0.25) is 0 Å². The summed E-state index contributed by atoms with van der Waals surface area (Å²) < 4.78 is 15.9. The minimum atomic E-state index is -0.448. The first-order chi connectivity index (χ1) is 13.5. The van der Waals surface area contributed by atoms with Crippen LogP contribution in [0.15, 0.2) is 36.4 Å². The molecule has 0 fully saturated rings. The highest BCUT2D eigenvalue weighted by Crippen LogP contribution is 2.28. The molecule has 0 aliphatic heterocycles. The van der Waals surface area contributed by atoms with E-state index in [4.69, 9.17) is 38.0 Å². The summed E-state index contributed by atoms with van der Waals surface area (Å²) in [6, 6.07) is 10.5. The highest BCUT2D eigenvalue weighted by atomic mass is 35.5. The van der Waals surface area contributed by atoms with Crippen molar-refractivity contribution in [1.29, 1.82) is 0 Å². The van der Waals surface area contributed by atoms with Crippen LogP contribution in [0.2, 0.25) is 5.02 Å². The summed E-state index contributed by atoms with van der Waals surface area (Å²) in [5.41, 5.74) is 1.87. The topological polar surface area (TPSA) is 68.8 Å². The van der Waals surface area contributed by atoms with Gasteiger partial charge in [0.25, 0.3) is 0 Å². The molecule has 0 heterocycles. The molecule has 2 aromatic carbocycles. The van der Waals surface area contributed by atoms with Gasteiger partial charge in [0.15, 0.2) is 16.6 Å². The van der Waals surface area contributed by atoms with Gasteiger partial charge in [0.1, 0.15) is 0 Å². The third kappa shape index (κ3) is 6.00. The maximum atomic E-state index is 11.7. The Hall–Kier alpha value is -2.51. The molecule has 0 radical (unpaired) electrons. The fraction of sp³-hybridized carbons (Fsp3) is 0.300. The van der Waals surface area contributed by atoms with Crippen molar-refractivity contribution in [2.75, 3.05) is 25.6 Å². The minimum absolute atomic E-state index is 0.371. The van der Waals surface area contributed by atoms with Crippen LogP contribution in [0.5, 0.6) is 11.5 Å². The number of rotatable bonds is 8. The molecule has 0 amide bonds. The van der Waals surface area contributed by atoms with Gasteiger partial charge >= 0.3 is 5.97 Å².